The van der Waals surface area contributed by atoms with E-state index in [9.17, 15) is 5.26 Å². The van der Waals surface area contributed by atoms with Crippen LogP contribution in [0.4, 0.5) is 17.1 Å². The van der Waals surface area contributed by atoms with Crippen LogP contribution in [0.2, 0.25) is 0 Å². The lowest BCUT2D eigenvalue weighted by molar-refractivity contribution is 1.25. The monoisotopic (exact) mass is 391 g/mol. The zero-order valence-corrected chi connectivity index (χ0v) is 17.4. The molecule has 0 atom stereocenters. The van der Waals surface area contributed by atoms with Gasteiger partial charge in [-0.25, -0.2) is 0 Å². The molecule has 0 amide bonds. The van der Waals surface area contributed by atoms with E-state index in [0.717, 1.165) is 39.2 Å². The minimum absolute atomic E-state index is 0.643. The Kier molecular flexibility index (Phi) is 6.20. The number of nitriles is 1. The molecule has 0 saturated heterocycles. The Labute approximate surface area is 178 Å². The quantitative estimate of drug-likeness (QED) is 0.364. The number of allylic oxidation sites excluding steroid dienone is 3. The summed E-state index contributed by atoms with van der Waals surface area (Å²) < 4.78 is 0. The molecule has 0 saturated carbocycles. The molecule has 30 heavy (non-hydrogen) atoms. The van der Waals surface area contributed by atoms with Crippen LogP contribution in [0.1, 0.15) is 23.6 Å². The summed E-state index contributed by atoms with van der Waals surface area (Å²) in [5.74, 6) is 0. The smallest absolute Gasteiger partial charge is 0.0991 e. The zero-order valence-electron chi connectivity index (χ0n) is 17.4. The van der Waals surface area contributed by atoms with Crippen molar-refractivity contribution in [1.29, 1.82) is 5.26 Å². The molecule has 3 aromatic carbocycles. The largest absolute Gasteiger partial charge is 0.399 e. The van der Waals surface area contributed by atoms with Crippen molar-refractivity contribution in [2.75, 3.05) is 10.6 Å². The van der Waals surface area contributed by atoms with Crippen molar-refractivity contribution in [1.82, 2.24) is 0 Å². The highest BCUT2D eigenvalue weighted by Gasteiger charge is 2.14. The topological polar surface area (TPSA) is 53.0 Å². The Bertz CT molecular complexity index is 1180. The van der Waals surface area contributed by atoms with E-state index in [2.05, 4.69) is 49.2 Å². The molecule has 3 aromatic rings. The van der Waals surface area contributed by atoms with Crippen LogP contribution in [0.25, 0.3) is 16.7 Å². The van der Waals surface area contributed by atoms with Crippen LogP contribution in [-0.4, -0.2) is 0 Å². The lowest BCUT2D eigenvalue weighted by Crippen LogP contribution is -2.11. The number of hydrogen-bond donors (Lipinski definition) is 1. The van der Waals surface area contributed by atoms with E-state index in [1.54, 1.807) is 6.08 Å². The molecule has 0 spiro atoms. The molecule has 0 aliphatic heterocycles. The molecule has 0 radical (unpaired) electrons. The minimum atomic E-state index is 0.643. The number of nitrogens with zero attached hydrogens (tertiary/aromatic N) is 2. The number of hydrogen-bond acceptors (Lipinski definition) is 3. The molecule has 0 bridgehead atoms. The van der Waals surface area contributed by atoms with E-state index in [1.807, 2.05) is 61.7 Å². The fourth-order valence-electron chi connectivity index (χ4n) is 3.42. The molecule has 0 unspecified atom stereocenters. The average Bonchev–Trinajstić information content (AvgIpc) is 2.76. The van der Waals surface area contributed by atoms with E-state index in [1.165, 1.54) is 0 Å². The molecule has 0 heterocycles. The highest BCUT2D eigenvalue weighted by molar-refractivity contribution is 5.87. The first kappa shape index (κ1) is 20.7. The molecule has 2 N–H and O–H groups in total. The number of nitrogen functional groups attached to an aromatic ring is 1. The summed E-state index contributed by atoms with van der Waals surface area (Å²) in [5, 5.41) is 9.26. The minimum Gasteiger partial charge on any atom is -0.399 e. The van der Waals surface area contributed by atoms with Crippen LogP contribution in [0.5, 0.6) is 0 Å². The van der Waals surface area contributed by atoms with Gasteiger partial charge >= 0.3 is 0 Å². The summed E-state index contributed by atoms with van der Waals surface area (Å²) in [5.41, 5.74) is 14.3. The van der Waals surface area contributed by atoms with Crippen molar-refractivity contribution in [3.8, 4) is 17.2 Å². The van der Waals surface area contributed by atoms with Crippen LogP contribution >= 0.6 is 0 Å². The van der Waals surface area contributed by atoms with Gasteiger partial charge in [0.1, 0.15) is 0 Å². The van der Waals surface area contributed by atoms with Crippen molar-refractivity contribution >= 4 is 22.6 Å². The standard InChI is InChI=1S/C27H25N3/c1-5-12-30(27-11-10-24(29)17-26(27)20(4)6-2)25-14-19(3)13-23(16-25)22-9-7-8-21(15-22)18-28/h5-17H,2,4,29H2,1,3H3/b12-5-. The van der Waals surface area contributed by atoms with Gasteiger partial charge in [-0.1, -0.05) is 43.5 Å². The third-order valence-electron chi connectivity index (χ3n) is 4.84. The first-order valence-electron chi connectivity index (χ1n) is 9.72. The lowest BCUT2D eigenvalue weighted by atomic mass is 9.99. The van der Waals surface area contributed by atoms with Crippen LogP contribution in [0.3, 0.4) is 0 Å². The van der Waals surface area contributed by atoms with Crippen LogP contribution < -0.4 is 10.6 Å². The van der Waals surface area contributed by atoms with E-state index in [4.69, 9.17) is 5.73 Å². The first-order valence-corrected chi connectivity index (χ1v) is 9.72. The summed E-state index contributed by atoms with van der Waals surface area (Å²) >= 11 is 0. The molecule has 0 fully saturated rings. The summed E-state index contributed by atoms with van der Waals surface area (Å²) in [6, 6.07) is 22.1. The third kappa shape index (κ3) is 4.34. The van der Waals surface area contributed by atoms with Crippen molar-refractivity contribution in [3.63, 3.8) is 0 Å². The van der Waals surface area contributed by atoms with Gasteiger partial charge in [-0.3, -0.25) is 0 Å². The van der Waals surface area contributed by atoms with Crippen LogP contribution in [-0.2, 0) is 0 Å². The molecule has 3 nitrogen and oxygen atoms in total. The second kappa shape index (κ2) is 8.98. The Morgan fingerprint density at radius 2 is 1.87 bits per heavy atom. The van der Waals surface area contributed by atoms with Crippen molar-refractivity contribution in [2.45, 2.75) is 13.8 Å². The van der Waals surface area contributed by atoms with Crippen molar-refractivity contribution < 1.29 is 0 Å². The highest BCUT2D eigenvalue weighted by Crippen LogP contribution is 2.36. The molecule has 3 rings (SSSR count). The molecule has 148 valence electrons. The molecule has 3 heteroatoms. The number of anilines is 3. The molecular formula is C27H25N3. The zero-order chi connectivity index (χ0) is 21.7. The van der Waals surface area contributed by atoms with Gasteiger partial charge in [0, 0.05) is 23.1 Å². The van der Waals surface area contributed by atoms with Gasteiger partial charge in [0.05, 0.1) is 17.3 Å². The van der Waals surface area contributed by atoms with Gasteiger partial charge in [-0.05, 0) is 78.6 Å². The van der Waals surface area contributed by atoms with Crippen molar-refractivity contribution in [2.24, 2.45) is 0 Å². The molecule has 0 aliphatic carbocycles. The molecule has 0 aromatic heterocycles. The van der Waals surface area contributed by atoms with E-state index in [-0.39, 0.29) is 0 Å². The SMILES string of the molecule is C=CC(=C)c1cc(N)ccc1N(/C=C\C)c1cc(C)cc(-c2cccc(C#N)c2)c1. The number of benzene rings is 3. The number of nitrogens with two attached hydrogens (primary N) is 1. The van der Waals surface area contributed by atoms with Gasteiger partial charge in [-0.15, -0.1) is 0 Å². The Morgan fingerprint density at radius 3 is 2.57 bits per heavy atom. The second-order valence-electron chi connectivity index (χ2n) is 7.11. The van der Waals surface area contributed by atoms with E-state index in [0.29, 0.717) is 11.3 Å². The predicted octanol–water partition coefficient (Wildman–Crippen LogP) is 6.99. The third-order valence-corrected chi connectivity index (χ3v) is 4.84. The van der Waals surface area contributed by atoms with E-state index < -0.39 is 0 Å². The maximum absolute atomic E-state index is 9.26. The number of aryl methyl sites for hydroxylation is 1. The predicted molar refractivity (Wildman–Crippen MR) is 128 cm³/mol. The summed E-state index contributed by atoms with van der Waals surface area (Å²) in [6.45, 7) is 12.1. The van der Waals surface area contributed by atoms with Crippen LogP contribution in [0, 0.1) is 18.3 Å². The van der Waals surface area contributed by atoms with Gasteiger partial charge < -0.3 is 10.6 Å². The fraction of sp³-hybridized carbons (Fsp3) is 0.0741. The summed E-state index contributed by atoms with van der Waals surface area (Å²) in [6.07, 6.45) is 5.76. The van der Waals surface area contributed by atoms with E-state index >= 15 is 0 Å². The number of rotatable bonds is 6. The first-order chi connectivity index (χ1) is 14.5. The van der Waals surface area contributed by atoms with Gasteiger partial charge in [-0.2, -0.15) is 5.26 Å². The Balaban J connectivity index is 2.19. The van der Waals surface area contributed by atoms with Gasteiger partial charge in [0.25, 0.3) is 0 Å². The maximum atomic E-state index is 9.26. The van der Waals surface area contributed by atoms with Crippen molar-refractivity contribution in [3.05, 3.63) is 109 Å². The fourth-order valence-corrected chi connectivity index (χ4v) is 3.42. The summed E-state index contributed by atoms with van der Waals surface area (Å²) in [4.78, 5) is 2.12. The molecular weight excluding hydrogens is 366 g/mol. The van der Waals surface area contributed by atoms with Gasteiger partial charge in [0.2, 0.25) is 0 Å². The second-order valence-corrected chi connectivity index (χ2v) is 7.11. The molecule has 0 aliphatic rings. The Morgan fingerprint density at radius 1 is 1.07 bits per heavy atom. The lowest BCUT2D eigenvalue weighted by Gasteiger charge is -2.25. The highest BCUT2D eigenvalue weighted by atomic mass is 15.1. The van der Waals surface area contributed by atoms with Gasteiger partial charge in [0.15, 0.2) is 0 Å². The normalized spacial score (nSPS) is 10.6. The average molecular weight is 392 g/mol. The summed E-state index contributed by atoms with van der Waals surface area (Å²) in [7, 11) is 0. The van der Waals surface area contributed by atoms with Crippen LogP contribution in [0.15, 0.2) is 92.2 Å². The Hall–Kier alpha value is -4.03. The maximum Gasteiger partial charge on any atom is 0.0991 e.